The lowest BCUT2D eigenvalue weighted by Gasteiger charge is -2.33. The Bertz CT molecular complexity index is 669. The van der Waals surface area contributed by atoms with E-state index in [9.17, 15) is 4.79 Å². The van der Waals surface area contributed by atoms with E-state index in [0.29, 0.717) is 5.92 Å². The second-order valence-corrected chi connectivity index (χ2v) is 6.82. The van der Waals surface area contributed by atoms with E-state index in [2.05, 4.69) is 46.2 Å². The molecule has 1 aromatic carbocycles. The van der Waals surface area contributed by atoms with Crippen molar-refractivity contribution in [1.82, 2.24) is 15.3 Å². The molecule has 5 nitrogen and oxygen atoms in total. The number of hydrogen-bond donors (Lipinski definition) is 1. The Morgan fingerprint density at radius 3 is 2.52 bits per heavy atom. The molecule has 1 aromatic heterocycles. The van der Waals surface area contributed by atoms with Gasteiger partial charge in [0.25, 0.3) is 0 Å². The van der Waals surface area contributed by atoms with Gasteiger partial charge in [-0.3, -0.25) is 9.78 Å². The molecule has 0 bridgehead atoms. The van der Waals surface area contributed by atoms with Crippen molar-refractivity contribution in [2.24, 2.45) is 5.92 Å². The van der Waals surface area contributed by atoms with Gasteiger partial charge in [0.1, 0.15) is 5.82 Å². The highest BCUT2D eigenvalue weighted by Gasteiger charge is 2.27. The summed E-state index contributed by atoms with van der Waals surface area (Å²) >= 11 is 0. The maximum Gasteiger partial charge on any atom is 0.223 e. The minimum absolute atomic E-state index is 0.0818. The van der Waals surface area contributed by atoms with E-state index in [1.165, 1.54) is 5.56 Å². The van der Waals surface area contributed by atoms with Crippen LogP contribution in [-0.2, 0) is 4.79 Å². The molecule has 2 heterocycles. The van der Waals surface area contributed by atoms with Crippen molar-refractivity contribution < 1.29 is 4.79 Å². The van der Waals surface area contributed by atoms with Gasteiger partial charge in [-0.2, -0.15) is 0 Å². The minimum Gasteiger partial charge on any atom is -0.355 e. The smallest absolute Gasteiger partial charge is 0.223 e. The molecule has 0 spiro atoms. The number of piperidine rings is 1. The van der Waals surface area contributed by atoms with Gasteiger partial charge in [0.05, 0.1) is 6.20 Å². The molecule has 0 saturated carbocycles. The van der Waals surface area contributed by atoms with Crippen molar-refractivity contribution in [3.63, 3.8) is 0 Å². The molecule has 5 heteroatoms. The molecule has 25 heavy (non-hydrogen) atoms. The number of aromatic nitrogens is 2. The largest absolute Gasteiger partial charge is 0.355 e. The molecule has 0 aliphatic carbocycles. The SMILES string of the molecule is C[C@H](NC(=O)C1CCN(c2cnccn2)CC1)[C@@H](C)c1ccccc1. The zero-order chi connectivity index (χ0) is 17.6. The van der Waals surface area contributed by atoms with E-state index in [1.807, 2.05) is 18.2 Å². The number of anilines is 1. The van der Waals surface area contributed by atoms with Crippen LogP contribution >= 0.6 is 0 Å². The monoisotopic (exact) mass is 338 g/mol. The zero-order valence-electron chi connectivity index (χ0n) is 14.9. The Balaban J connectivity index is 1.51. The van der Waals surface area contributed by atoms with Crippen LogP contribution in [0.4, 0.5) is 5.82 Å². The first kappa shape index (κ1) is 17.4. The summed E-state index contributed by atoms with van der Waals surface area (Å²) < 4.78 is 0. The van der Waals surface area contributed by atoms with Crippen molar-refractivity contribution in [2.45, 2.75) is 38.6 Å². The molecule has 1 aliphatic rings. The summed E-state index contributed by atoms with van der Waals surface area (Å²) in [5.74, 6) is 1.45. The number of hydrogen-bond acceptors (Lipinski definition) is 4. The van der Waals surface area contributed by atoms with Gasteiger partial charge >= 0.3 is 0 Å². The standard InChI is InChI=1S/C20H26N4O/c1-15(17-6-4-3-5-7-17)16(2)23-20(25)18-8-12-24(13-9-18)19-14-21-10-11-22-19/h3-7,10-11,14-16,18H,8-9,12-13H2,1-2H3,(H,23,25)/t15-,16+/m1/s1. The molecule has 1 fully saturated rings. The van der Waals surface area contributed by atoms with Crippen LogP contribution in [-0.4, -0.2) is 35.0 Å². The predicted octanol–water partition coefficient (Wildman–Crippen LogP) is 3.00. The molecule has 0 radical (unpaired) electrons. The number of nitrogens with zero attached hydrogens (tertiary/aromatic N) is 3. The summed E-state index contributed by atoms with van der Waals surface area (Å²) in [6.07, 6.45) is 6.88. The van der Waals surface area contributed by atoms with Gasteiger partial charge in [-0.25, -0.2) is 4.98 Å². The van der Waals surface area contributed by atoms with E-state index in [1.54, 1.807) is 18.6 Å². The van der Waals surface area contributed by atoms with Crippen LogP contribution in [0.3, 0.4) is 0 Å². The van der Waals surface area contributed by atoms with Crippen LogP contribution in [0.5, 0.6) is 0 Å². The molecule has 0 unspecified atom stereocenters. The lowest BCUT2D eigenvalue weighted by atomic mass is 9.92. The molecule has 2 aromatic rings. The number of amides is 1. The molecular weight excluding hydrogens is 312 g/mol. The van der Waals surface area contributed by atoms with Gasteiger partial charge in [-0.1, -0.05) is 37.3 Å². The highest BCUT2D eigenvalue weighted by atomic mass is 16.1. The zero-order valence-corrected chi connectivity index (χ0v) is 14.9. The normalized spacial score (nSPS) is 17.8. The van der Waals surface area contributed by atoms with Crippen molar-refractivity contribution >= 4 is 11.7 Å². The van der Waals surface area contributed by atoms with E-state index in [-0.39, 0.29) is 17.9 Å². The Morgan fingerprint density at radius 2 is 1.88 bits per heavy atom. The third kappa shape index (κ3) is 4.35. The van der Waals surface area contributed by atoms with E-state index in [4.69, 9.17) is 0 Å². The number of carbonyl (C=O) groups excluding carboxylic acids is 1. The average Bonchev–Trinajstić information content (AvgIpc) is 2.68. The van der Waals surface area contributed by atoms with Crippen molar-refractivity contribution in [3.05, 3.63) is 54.5 Å². The molecule has 132 valence electrons. The quantitative estimate of drug-likeness (QED) is 0.910. The van der Waals surface area contributed by atoms with Crippen molar-refractivity contribution in [2.75, 3.05) is 18.0 Å². The first-order chi connectivity index (χ1) is 12.1. The third-order valence-corrected chi connectivity index (χ3v) is 5.18. The van der Waals surface area contributed by atoms with Crippen LogP contribution in [0.1, 0.15) is 38.2 Å². The summed E-state index contributed by atoms with van der Waals surface area (Å²) in [4.78, 5) is 23.3. The maximum absolute atomic E-state index is 12.6. The number of rotatable bonds is 5. The Labute approximate surface area is 149 Å². The van der Waals surface area contributed by atoms with E-state index in [0.717, 1.165) is 31.7 Å². The molecule has 1 amide bonds. The lowest BCUT2D eigenvalue weighted by Crippen LogP contribution is -2.44. The fourth-order valence-corrected chi connectivity index (χ4v) is 3.34. The van der Waals surface area contributed by atoms with Crippen LogP contribution < -0.4 is 10.2 Å². The maximum atomic E-state index is 12.6. The summed E-state index contributed by atoms with van der Waals surface area (Å²) in [7, 11) is 0. The summed E-state index contributed by atoms with van der Waals surface area (Å²) in [6.45, 7) is 5.94. The fraction of sp³-hybridized carbons (Fsp3) is 0.450. The van der Waals surface area contributed by atoms with Gasteiger partial charge in [0, 0.05) is 43.4 Å². The van der Waals surface area contributed by atoms with Crippen LogP contribution in [0, 0.1) is 5.92 Å². The molecule has 2 atom stereocenters. The Morgan fingerprint density at radius 1 is 1.16 bits per heavy atom. The molecule has 3 rings (SSSR count). The van der Waals surface area contributed by atoms with Crippen LogP contribution in [0.2, 0.25) is 0 Å². The molecule has 1 saturated heterocycles. The number of nitrogens with one attached hydrogen (secondary N) is 1. The number of carbonyl (C=O) groups is 1. The third-order valence-electron chi connectivity index (χ3n) is 5.18. The van der Waals surface area contributed by atoms with E-state index < -0.39 is 0 Å². The summed E-state index contributed by atoms with van der Waals surface area (Å²) in [5, 5.41) is 3.22. The van der Waals surface area contributed by atoms with Gasteiger partial charge in [0.2, 0.25) is 5.91 Å². The van der Waals surface area contributed by atoms with Crippen LogP contribution in [0.15, 0.2) is 48.9 Å². The lowest BCUT2D eigenvalue weighted by molar-refractivity contribution is -0.126. The molecule has 1 aliphatic heterocycles. The highest BCUT2D eigenvalue weighted by Crippen LogP contribution is 2.23. The first-order valence-corrected chi connectivity index (χ1v) is 9.01. The van der Waals surface area contributed by atoms with E-state index >= 15 is 0 Å². The second-order valence-electron chi connectivity index (χ2n) is 6.82. The Kier molecular flexibility index (Phi) is 5.64. The summed E-state index contributed by atoms with van der Waals surface area (Å²) in [6, 6.07) is 10.5. The minimum atomic E-state index is 0.0818. The average molecular weight is 338 g/mol. The van der Waals surface area contributed by atoms with Gasteiger partial charge < -0.3 is 10.2 Å². The first-order valence-electron chi connectivity index (χ1n) is 9.01. The second kappa shape index (κ2) is 8.10. The highest BCUT2D eigenvalue weighted by molar-refractivity contribution is 5.79. The Hall–Kier alpha value is -2.43. The van der Waals surface area contributed by atoms with Crippen LogP contribution in [0.25, 0.3) is 0 Å². The van der Waals surface area contributed by atoms with Gasteiger partial charge in [0.15, 0.2) is 0 Å². The van der Waals surface area contributed by atoms with Crippen molar-refractivity contribution in [3.8, 4) is 0 Å². The predicted molar refractivity (Wildman–Crippen MR) is 99.4 cm³/mol. The van der Waals surface area contributed by atoms with Crippen molar-refractivity contribution in [1.29, 1.82) is 0 Å². The topological polar surface area (TPSA) is 58.1 Å². The molecule has 1 N–H and O–H groups in total. The van der Waals surface area contributed by atoms with Gasteiger partial charge in [-0.15, -0.1) is 0 Å². The fourth-order valence-electron chi connectivity index (χ4n) is 3.34. The van der Waals surface area contributed by atoms with Gasteiger partial charge in [-0.05, 0) is 25.3 Å². The number of benzene rings is 1. The summed E-state index contributed by atoms with van der Waals surface area (Å²) in [5.41, 5.74) is 1.26. The molecular formula is C20H26N4O.